The summed E-state index contributed by atoms with van der Waals surface area (Å²) in [6.07, 6.45) is 2.49. The molecule has 0 bridgehead atoms. The zero-order chi connectivity index (χ0) is 14.7. The van der Waals surface area contributed by atoms with Crippen LogP contribution in [-0.2, 0) is 6.42 Å². The van der Waals surface area contributed by atoms with E-state index in [4.69, 9.17) is 4.74 Å². The van der Waals surface area contributed by atoms with Crippen molar-refractivity contribution in [1.82, 2.24) is 14.8 Å². The predicted molar refractivity (Wildman–Crippen MR) is 81.9 cm³/mol. The van der Waals surface area contributed by atoms with Gasteiger partial charge in [0.05, 0.1) is 7.11 Å². The molecule has 21 heavy (non-hydrogen) atoms. The molecule has 0 aliphatic heterocycles. The molecule has 0 N–H and O–H groups in total. The Balaban J connectivity index is 1.86. The summed E-state index contributed by atoms with van der Waals surface area (Å²) in [5.74, 6) is 1.78. The number of hydrogen-bond donors (Lipinski definition) is 0. The van der Waals surface area contributed by atoms with Gasteiger partial charge in [-0.3, -0.25) is 4.57 Å². The first-order chi connectivity index (χ1) is 10.3. The summed E-state index contributed by atoms with van der Waals surface area (Å²) in [6, 6.07) is 16.4. The molecule has 4 nitrogen and oxygen atoms in total. The zero-order valence-electron chi connectivity index (χ0n) is 12.2. The Labute approximate surface area is 124 Å². The Kier molecular flexibility index (Phi) is 3.69. The Hall–Kier alpha value is -2.62. The van der Waals surface area contributed by atoms with Crippen LogP contribution in [0.15, 0.2) is 54.9 Å². The quantitative estimate of drug-likeness (QED) is 0.736. The van der Waals surface area contributed by atoms with Gasteiger partial charge in [0.1, 0.15) is 17.9 Å². The first-order valence-corrected chi connectivity index (χ1v) is 6.85. The fourth-order valence-electron chi connectivity index (χ4n) is 2.23. The van der Waals surface area contributed by atoms with Gasteiger partial charge in [0.15, 0.2) is 0 Å². The van der Waals surface area contributed by atoms with Crippen molar-refractivity contribution >= 4 is 0 Å². The summed E-state index contributed by atoms with van der Waals surface area (Å²) in [6.45, 7) is 2.08. The molecule has 1 aromatic heterocycles. The lowest BCUT2D eigenvalue weighted by Gasteiger charge is -2.07. The molecule has 3 rings (SSSR count). The van der Waals surface area contributed by atoms with Crippen LogP contribution in [0.2, 0.25) is 0 Å². The maximum Gasteiger partial charge on any atom is 0.141 e. The van der Waals surface area contributed by atoms with E-state index in [1.165, 1.54) is 11.1 Å². The lowest BCUT2D eigenvalue weighted by Crippen LogP contribution is -2.01. The van der Waals surface area contributed by atoms with Crippen molar-refractivity contribution in [3.63, 3.8) is 0 Å². The van der Waals surface area contributed by atoms with Gasteiger partial charge in [-0.1, -0.05) is 29.8 Å². The third-order valence-corrected chi connectivity index (χ3v) is 3.45. The molecule has 0 saturated heterocycles. The van der Waals surface area contributed by atoms with Gasteiger partial charge < -0.3 is 4.74 Å². The monoisotopic (exact) mass is 279 g/mol. The molecule has 4 heteroatoms. The average Bonchev–Trinajstić information content (AvgIpc) is 2.97. The molecule has 2 aromatic carbocycles. The molecule has 0 aliphatic rings. The highest BCUT2D eigenvalue weighted by atomic mass is 16.5. The normalized spacial score (nSPS) is 10.6. The molecule has 0 fully saturated rings. The molecule has 0 atom stereocenters. The second kappa shape index (κ2) is 5.79. The van der Waals surface area contributed by atoms with Crippen LogP contribution in [-0.4, -0.2) is 21.9 Å². The SMILES string of the molecule is COc1ccc(Cc2nncn2-c2ccc(C)cc2)cc1. The van der Waals surface area contributed by atoms with Crippen molar-refractivity contribution in [2.24, 2.45) is 0 Å². The smallest absolute Gasteiger partial charge is 0.141 e. The van der Waals surface area contributed by atoms with Crippen LogP contribution in [0.1, 0.15) is 17.0 Å². The van der Waals surface area contributed by atoms with Crippen molar-refractivity contribution in [3.05, 3.63) is 71.8 Å². The molecular formula is C17H17N3O. The van der Waals surface area contributed by atoms with Crippen LogP contribution in [0.4, 0.5) is 0 Å². The first-order valence-electron chi connectivity index (χ1n) is 6.85. The van der Waals surface area contributed by atoms with Crippen LogP contribution in [0.25, 0.3) is 5.69 Å². The van der Waals surface area contributed by atoms with Gasteiger partial charge in [-0.05, 0) is 36.8 Å². The highest BCUT2D eigenvalue weighted by Crippen LogP contribution is 2.16. The number of ether oxygens (including phenoxy) is 1. The lowest BCUT2D eigenvalue weighted by atomic mass is 10.1. The lowest BCUT2D eigenvalue weighted by molar-refractivity contribution is 0.414. The summed E-state index contributed by atoms with van der Waals surface area (Å²) in [5, 5.41) is 8.27. The minimum absolute atomic E-state index is 0.734. The highest BCUT2D eigenvalue weighted by molar-refractivity contribution is 5.36. The van der Waals surface area contributed by atoms with E-state index in [9.17, 15) is 0 Å². The number of aromatic nitrogens is 3. The Bertz CT molecular complexity index is 715. The fourth-order valence-corrected chi connectivity index (χ4v) is 2.23. The molecule has 106 valence electrons. The molecule has 0 saturated carbocycles. The van der Waals surface area contributed by atoms with E-state index in [1.54, 1.807) is 13.4 Å². The third kappa shape index (κ3) is 2.94. The van der Waals surface area contributed by atoms with Crippen molar-refractivity contribution in [2.75, 3.05) is 7.11 Å². The molecule has 0 spiro atoms. The van der Waals surface area contributed by atoms with Gasteiger partial charge in [-0.2, -0.15) is 0 Å². The Morgan fingerprint density at radius 3 is 2.38 bits per heavy atom. The van der Waals surface area contributed by atoms with Crippen molar-refractivity contribution in [3.8, 4) is 11.4 Å². The maximum absolute atomic E-state index is 5.18. The second-order valence-corrected chi connectivity index (χ2v) is 4.98. The van der Waals surface area contributed by atoms with E-state index < -0.39 is 0 Å². The van der Waals surface area contributed by atoms with Crippen LogP contribution >= 0.6 is 0 Å². The minimum Gasteiger partial charge on any atom is -0.497 e. The van der Waals surface area contributed by atoms with Gasteiger partial charge in [0.25, 0.3) is 0 Å². The van der Waals surface area contributed by atoms with E-state index in [2.05, 4.69) is 41.4 Å². The standard InChI is InChI=1S/C17H17N3O/c1-13-3-7-15(8-4-13)20-12-18-19-17(20)11-14-5-9-16(21-2)10-6-14/h3-10,12H,11H2,1-2H3. The predicted octanol–water partition coefficient (Wildman–Crippen LogP) is 3.18. The topological polar surface area (TPSA) is 39.9 Å². The van der Waals surface area contributed by atoms with Crippen molar-refractivity contribution < 1.29 is 4.74 Å². The zero-order valence-corrected chi connectivity index (χ0v) is 12.2. The van der Waals surface area contributed by atoms with E-state index in [0.29, 0.717) is 0 Å². The van der Waals surface area contributed by atoms with Crippen molar-refractivity contribution in [1.29, 1.82) is 0 Å². The fraction of sp³-hybridized carbons (Fsp3) is 0.176. The first kappa shape index (κ1) is 13.4. The Morgan fingerprint density at radius 2 is 1.71 bits per heavy atom. The maximum atomic E-state index is 5.18. The molecule has 0 unspecified atom stereocenters. The van der Waals surface area contributed by atoms with E-state index in [1.807, 2.05) is 28.8 Å². The number of hydrogen-bond acceptors (Lipinski definition) is 3. The summed E-state index contributed by atoms with van der Waals surface area (Å²) in [7, 11) is 1.67. The van der Waals surface area contributed by atoms with Crippen molar-refractivity contribution in [2.45, 2.75) is 13.3 Å². The van der Waals surface area contributed by atoms with Crippen LogP contribution in [0.3, 0.4) is 0 Å². The highest BCUT2D eigenvalue weighted by Gasteiger charge is 2.07. The molecule has 0 aliphatic carbocycles. The minimum atomic E-state index is 0.734. The third-order valence-electron chi connectivity index (χ3n) is 3.45. The number of methoxy groups -OCH3 is 1. The van der Waals surface area contributed by atoms with E-state index in [0.717, 1.165) is 23.7 Å². The summed E-state index contributed by atoms with van der Waals surface area (Å²) < 4.78 is 7.19. The van der Waals surface area contributed by atoms with E-state index in [-0.39, 0.29) is 0 Å². The Morgan fingerprint density at radius 1 is 1.00 bits per heavy atom. The second-order valence-electron chi connectivity index (χ2n) is 4.98. The van der Waals surface area contributed by atoms with Gasteiger partial charge >= 0.3 is 0 Å². The van der Waals surface area contributed by atoms with Gasteiger partial charge in [-0.15, -0.1) is 10.2 Å². The number of benzene rings is 2. The summed E-state index contributed by atoms with van der Waals surface area (Å²) in [5.41, 5.74) is 3.50. The molecule has 0 radical (unpaired) electrons. The number of rotatable bonds is 4. The van der Waals surface area contributed by atoms with E-state index >= 15 is 0 Å². The molecule has 0 amide bonds. The number of nitrogens with zero attached hydrogens (tertiary/aromatic N) is 3. The van der Waals surface area contributed by atoms with Crippen LogP contribution < -0.4 is 4.74 Å². The summed E-state index contributed by atoms with van der Waals surface area (Å²) in [4.78, 5) is 0. The molecular weight excluding hydrogens is 262 g/mol. The summed E-state index contributed by atoms with van der Waals surface area (Å²) >= 11 is 0. The largest absolute Gasteiger partial charge is 0.497 e. The van der Waals surface area contributed by atoms with Gasteiger partial charge in [0.2, 0.25) is 0 Å². The number of aryl methyl sites for hydroxylation is 1. The van der Waals surface area contributed by atoms with Crippen LogP contribution in [0.5, 0.6) is 5.75 Å². The molecule has 1 heterocycles. The average molecular weight is 279 g/mol. The molecule has 3 aromatic rings. The van der Waals surface area contributed by atoms with Gasteiger partial charge in [0, 0.05) is 12.1 Å². The van der Waals surface area contributed by atoms with Crippen LogP contribution in [0, 0.1) is 6.92 Å². The van der Waals surface area contributed by atoms with Gasteiger partial charge in [-0.25, -0.2) is 0 Å².